The Labute approximate surface area is 135 Å². The molecule has 0 bridgehead atoms. The van der Waals surface area contributed by atoms with Crippen LogP contribution in [-0.4, -0.2) is 35.8 Å². The van der Waals surface area contributed by atoms with Crippen LogP contribution in [0.2, 0.25) is 0 Å². The van der Waals surface area contributed by atoms with E-state index in [1.807, 2.05) is 0 Å². The fraction of sp³-hybridized carbons (Fsp3) is 0.143. The van der Waals surface area contributed by atoms with Crippen LogP contribution in [0.25, 0.3) is 11.4 Å². The zero-order valence-electron chi connectivity index (χ0n) is 12.8. The van der Waals surface area contributed by atoms with Crippen LogP contribution in [0.15, 0.2) is 30.5 Å². The minimum Gasteiger partial charge on any atom is -0.289 e. The molecule has 0 fully saturated rings. The molecular weight excluding hydrogens is 314 g/mol. The van der Waals surface area contributed by atoms with Gasteiger partial charge in [0.25, 0.3) is 11.6 Å². The van der Waals surface area contributed by atoms with Gasteiger partial charge in [0.2, 0.25) is 5.95 Å². The fourth-order valence-corrected chi connectivity index (χ4v) is 2.10. The number of amides is 1. The molecule has 10 heteroatoms. The molecule has 0 saturated carbocycles. The van der Waals surface area contributed by atoms with E-state index in [0.29, 0.717) is 22.6 Å². The van der Waals surface area contributed by atoms with Gasteiger partial charge in [-0.25, -0.2) is 0 Å². The second-order valence-electron chi connectivity index (χ2n) is 5.04. The van der Waals surface area contributed by atoms with Gasteiger partial charge in [-0.2, -0.15) is 10.1 Å². The number of nitro groups is 1. The SMILES string of the molecule is Cc1c(C(=O)Nc2n[nH]c(-c3cccc([N+](=O)[O-])c3)n2)cnn1C. The number of anilines is 1. The van der Waals surface area contributed by atoms with Crippen LogP contribution in [0.1, 0.15) is 16.1 Å². The first-order chi connectivity index (χ1) is 11.5. The Bertz CT molecular complexity index is 928. The Morgan fingerprint density at radius 3 is 2.88 bits per heavy atom. The lowest BCUT2D eigenvalue weighted by Crippen LogP contribution is -2.14. The summed E-state index contributed by atoms with van der Waals surface area (Å²) in [6.45, 7) is 1.77. The molecular formula is C14H13N7O3. The summed E-state index contributed by atoms with van der Waals surface area (Å²) < 4.78 is 1.58. The Morgan fingerprint density at radius 2 is 2.21 bits per heavy atom. The molecule has 1 amide bonds. The first kappa shape index (κ1) is 15.3. The lowest BCUT2D eigenvalue weighted by atomic mass is 10.2. The fourth-order valence-electron chi connectivity index (χ4n) is 2.10. The topological polar surface area (TPSA) is 132 Å². The monoisotopic (exact) mass is 327 g/mol. The molecule has 122 valence electrons. The zero-order chi connectivity index (χ0) is 17.3. The lowest BCUT2D eigenvalue weighted by Gasteiger charge is -2.00. The number of aromatic amines is 1. The number of rotatable bonds is 4. The van der Waals surface area contributed by atoms with Gasteiger partial charge in [-0.15, -0.1) is 5.10 Å². The van der Waals surface area contributed by atoms with Crippen molar-refractivity contribution >= 4 is 17.5 Å². The van der Waals surface area contributed by atoms with E-state index < -0.39 is 4.92 Å². The van der Waals surface area contributed by atoms with Gasteiger partial charge in [-0.1, -0.05) is 12.1 Å². The molecule has 24 heavy (non-hydrogen) atoms. The van der Waals surface area contributed by atoms with Crippen LogP contribution in [0.4, 0.5) is 11.6 Å². The summed E-state index contributed by atoms with van der Waals surface area (Å²) in [7, 11) is 1.74. The maximum atomic E-state index is 12.2. The summed E-state index contributed by atoms with van der Waals surface area (Å²) in [5.41, 5.74) is 1.57. The van der Waals surface area contributed by atoms with Crippen molar-refractivity contribution < 1.29 is 9.72 Å². The molecule has 0 saturated heterocycles. The quantitative estimate of drug-likeness (QED) is 0.553. The van der Waals surface area contributed by atoms with Crippen molar-refractivity contribution in [1.82, 2.24) is 25.0 Å². The van der Waals surface area contributed by atoms with E-state index >= 15 is 0 Å². The summed E-state index contributed by atoms with van der Waals surface area (Å²) in [6, 6.07) is 5.96. The van der Waals surface area contributed by atoms with E-state index in [1.54, 1.807) is 30.8 Å². The van der Waals surface area contributed by atoms with Crippen LogP contribution in [0.5, 0.6) is 0 Å². The summed E-state index contributed by atoms with van der Waals surface area (Å²) in [5, 5.41) is 23.9. The number of carbonyl (C=O) groups excluding carboxylic acids is 1. The largest absolute Gasteiger partial charge is 0.289 e. The van der Waals surface area contributed by atoms with Crippen molar-refractivity contribution in [2.75, 3.05) is 5.32 Å². The molecule has 2 heterocycles. The number of nitro benzene ring substituents is 1. The lowest BCUT2D eigenvalue weighted by molar-refractivity contribution is -0.384. The van der Waals surface area contributed by atoms with Crippen LogP contribution in [-0.2, 0) is 7.05 Å². The third-order valence-corrected chi connectivity index (χ3v) is 3.52. The Hall–Kier alpha value is -3.56. The van der Waals surface area contributed by atoms with Crippen molar-refractivity contribution in [3.63, 3.8) is 0 Å². The van der Waals surface area contributed by atoms with E-state index in [9.17, 15) is 14.9 Å². The van der Waals surface area contributed by atoms with Gasteiger partial charge in [-0.3, -0.25) is 30.0 Å². The van der Waals surface area contributed by atoms with Crippen LogP contribution in [0.3, 0.4) is 0 Å². The number of aryl methyl sites for hydroxylation is 1. The van der Waals surface area contributed by atoms with Crippen LogP contribution < -0.4 is 5.32 Å². The maximum Gasteiger partial charge on any atom is 0.270 e. The van der Waals surface area contributed by atoms with Gasteiger partial charge in [0.1, 0.15) is 0 Å². The van der Waals surface area contributed by atoms with Crippen LogP contribution >= 0.6 is 0 Å². The minimum absolute atomic E-state index is 0.0551. The molecule has 1 aromatic carbocycles. The first-order valence-corrected chi connectivity index (χ1v) is 6.93. The molecule has 0 atom stereocenters. The van der Waals surface area contributed by atoms with E-state index in [2.05, 4.69) is 25.6 Å². The van der Waals surface area contributed by atoms with Gasteiger partial charge in [0, 0.05) is 30.4 Å². The molecule has 0 spiro atoms. The third-order valence-electron chi connectivity index (χ3n) is 3.52. The Morgan fingerprint density at radius 1 is 1.42 bits per heavy atom. The molecule has 0 radical (unpaired) electrons. The number of non-ortho nitro benzene ring substituents is 1. The van der Waals surface area contributed by atoms with Crippen molar-refractivity contribution in [3.05, 3.63) is 51.8 Å². The molecule has 3 aromatic rings. The maximum absolute atomic E-state index is 12.2. The average Bonchev–Trinajstić information content (AvgIpc) is 3.15. The van der Waals surface area contributed by atoms with Crippen molar-refractivity contribution in [2.45, 2.75) is 6.92 Å². The standard InChI is InChI=1S/C14H13N7O3/c1-8-11(7-15-20(8)2)13(22)17-14-16-12(18-19-14)9-4-3-5-10(6-9)21(23)24/h3-7H,1-2H3,(H2,16,17,18,19,22). The van der Waals surface area contributed by atoms with Crippen molar-refractivity contribution in [3.8, 4) is 11.4 Å². The summed E-state index contributed by atoms with van der Waals surface area (Å²) in [4.78, 5) is 26.7. The van der Waals surface area contributed by atoms with Gasteiger partial charge < -0.3 is 0 Å². The third kappa shape index (κ3) is 2.84. The molecule has 0 unspecified atom stereocenters. The van der Waals surface area contributed by atoms with Crippen molar-refractivity contribution in [1.29, 1.82) is 0 Å². The number of aromatic nitrogens is 5. The number of hydrogen-bond donors (Lipinski definition) is 2. The average molecular weight is 327 g/mol. The highest BCUT2D eigenvalue weighted by Crippen LogP contribution is 2.21. The second kappa shape index (κ2) is 5.91. The highest BCUT2D eigenvalue weighted by molar-refractivity contribution is 6.04. The van der Waals surface area contributed by atoms with Gasteiger partial charge in [0.05, 0.1) is 16.7 Å². The molecule has 0 aliphatic rings. The Balaban J connectivity index is 1.81. The smallest absolute Gasteiger partial charge is 0.270 e. The predicted molar refractivity (Wildman–Crippen MR) is 84.4 cm³/mol. The second-order valence-corrected chi connectivity index (χ2v) is 5.04. The normalized spacial score (nSPS) is 10.6. The number of nitrogens with one attached hydrogen (secondary N) is 2. The minimum atomic E-state index is -0.492. The van der Waals surface area contributed by atoms with Gasteiger partial charge in [-0.05, 0) is 6.92 Å². The molecule has 0 aliphatic carbocycles. The summed E-state index contributed by atoms with van der Waals surface area (Å²) >= 11 is 0. The highest BCUT2D eigenvalue weighted by Gasteiger charge is 2.16. The summed E-state index contributed by atoms with van der Waals surface area (Å²) in [5.74, 6) is 0.00635. The Kier molecular flexibility index (Phi) is 3.78. The molecule has 3 rings (SSSR count). The highest BCUT2D eigenvalue weighted by atomic mass is 16.6. The number of H-pyrrole nitrogens is 1. The molecule has 2 N–H and O–H groups in total. The molecule has 2 aromatic heterocycles. The summed E-state index contributed by atoms with van der Waals surface area (Å²) in [6.07, 6.45) is 1.46. The predicted octanol–water partition coefficient (Wildman–Crippen LogP) is 1.67. The van der Waals surface area contributed by atoms with E-state index in [0.717, 1.165) is 0 Å². The van der Waals surface area contributed by atoms with Crippen LogP contribution in [0, 0.1) is 17.0 Å². The van der Waals surface area contributed by atoms with Gasteiger partial charge in [0.15, 0.2) is 5.82 Å². The molecule has 10 nitrogen and oxygen atoms in total. The van der Waals surface area contributed by atoms with E-state index in [-0.39, 0.29) is 17.5 Å². The number of nitrogens with zero attached hydrogens (tertiary/aromatic N) is 5. The number of hydrogen-bond acceptors (Lipinski definition) is 6. The van der Waals surface area contributed by atoms with Crippen molar-refractivity contribution in [2.24, 2.45) is 7.05 Å². The van der Waals surface area contributed by atoms with E-state index in [4.69, 9.17) is 0 Å². The molecule has 0 aliphatic heterocycles. The number of carbonyl (C=O) groups is 1. The number of benzene rings is 1. The first-order valence-electron chi connectivity index (χ1n) is 6.93. The van der Waals surface area contributed by atoms with E-state index in [1.165, 1.54) is 18.3 Å². The zero-order valence-corrected chi connectivity index (χ0v) is 12.8. The van der Waals surface area contributed by atoms with Gasteiger partial charge >= 0.3 is 0 Å².